The molecule has 1 saturated heterocycles. The lowest BCUT2D eigenvalue weighted by atomic mass is 9.64. The highest BCUT2D eigenvalue weighted by Gasteiger charge is 2.60. The van der Waals surface area contributed by atoms with Crippen molar-refractivity contribution in [2.24, 2.45) is 16.7 Å². The van der Waals surface area contributed by atoms with Crippen LogP contribution in [0.1, 0.15) is 33.6 Å². The first kappa shape index (κ1) is 10.8. The van der Waals surface area contributed by atoms with Crippen molar-refractivity contribution in [3.05, 3.63) is 18.6 Å². The molecule has 0 aromatic heterocycles. The summed E-state index contributed by atoms with van der Waals surface area (Å²) in [6, 6.07) is 0. The maximum Gasteiger partial charge on any atom is 0.205 e. The average Bonchev–Trinajstić information content (AvgIpc) is 2.37. The van der Waals surface area contributed by atoms with E-state index in [0.717, 1.165) is 6.61 Å². The van der Waals surface area contributed by atoms with Crippen LogP contribution in [0.5, 0.6) is 0 Å². The highest BCUT2D eigenvalue weighted by Crippen LogP contribution is 2.61. The van der Waals surface area contributed by atoms with E-state index in [2.05, 4.69) is 33.1 Å². The molecule has 2 nitrogen and oxygen atoms in total. The largest absolute Gasteiger partial charge is 0.464 e. The molecule has 2 fully saturated rings. The van der Waals surface area contributed by atoms with Crippen LogP contribution >= 0.6 is 0 Å². The minimum Gasteiger partial charge on any atom is -0.464 e. The second-order valence-electron chi connectivity index (χ2n) is 5.50. The Bertz CT molecular complexity index is 302. The summed E-state index contributed by atoms with van der Waals surface area (Å²) < 4.78 is 11.4. The number of fused-ring (bicyclic) bond motifs is 2. The van der Waals surface area contributed by atoms with Gasteiger partial charge in [0.15, 0.2) is 0 Å². The van der Waals surface area contributed by atoms with Crippen LogP contribution in [0.4, 0.5) is 0 Å². The van der Waals surface area contributed by atoms with Crippen LogP contribution in [0.25, 0.3) is 0 Å². The van der Waals surface area contributed by atoms with Gasteiger partial charge in [-0.25, -0.2) is 0 Å². The molecule has 1 aliphatic heterocycles. The van der Waals surface area contributed by atoms with Gasteiger partial charge >= 0.3 is 0 Å². The molecule has 0 radical (unpaired) electrons. The van der Waals surface area contributed by atoms with E-state index in [1.807, 2.05) is 0 Å². The van der Waals surface area contributed by atoms with Gasteiger partial charge in [0.1, 0.15) is 6.26 Å². The highest BCUT2D eigenvalue weighted by atomic mass is 16.7. The third-order valence-corrected chi connectivity index (χ3v) is 4.75. The van der Waals surface area contributed by atoms with E-state index in [4.69, 9.17) is 9.47 Å². The van der Waals surface area contributed by atoms with Crippen LogP contribution in [0.3, 0.4) is 0 Å². The molecule has 2 aliphatic rings. The SMILES string of the molecule is C=C=COC1OC[C@H]2CC[C@]1(C)C2(C)C. The molecule has 2 heteroatoms. The molecule has 0 aromatic carbocycles. The Balaban J connectivity index is 2.25. The maximum absolute atomic E-state index is 5.78. The van der Waals surface area contributed by atoms with Crippen molar-refractivity contribution in [1.82, 2.24) is 0 Å². The first-order valence-electron chi connectivity index (χ1n) is 5.64. The summed E-state index contributed by atoms with van der Waals surface area (Å²) in [6.07, 6.45) is 3.81. The van der Waals surface area contributed by atoms with E-state index >= 15 is 0 Å². The summed E-state index contributed by atoms with van der Waals surface area (Å²) >= 11 is 0. The molecule has 2 bridgehead atoms. The Hall–Kier alpha value is -0.720. The zero-order chi connectivity index (χ0) is 11.1. The summed E-state index contributed by atoms with van der Waals surface area (Å²) in [7, 11) is 0. The van der Waals surface area contributed by atoms with Crippen molar-refractivity contribution >= 4 is 0 Å². The van der Waals surface area contributed by atoms with E-state index in [1.54, 1.807) is 0 Å². The molecule has 0 aromatic rings. The molecule has 1 heterocycles. The fourth-order valence-electron chi connectivity index (χ4n) is 3.02. The lowest BCUT2D eigenvalue weighted by Crippen LogP contribution is -2.50. The quantitative estimate of drug-likeness (QED) is 0.513. The third-order valence-electron chi connectivity index (χ3n) is 4.75. The van der Waals surface area contributed by atoms with Crippen LogP contribution in [-0.4, -0.2) is 12.9 Å². The van der Waals surface area contributed by atoms with Gasteiger partial charge in [-0.05, 0) is 24.2 Å². The van der Waals surface area contributed by atoms with E-state index in [-0.39, 0.29) is 11.7 Å². The van der Waals surface area contributed by atoms with Gasteiger partial charge in [-0.2, -0.15) is 0 Å². The number of hydrogen-bond acceptors (Lipinski definition) is 2. The molecule has 84 valence electrons. The number of hydrogen-bond donors (Lipinski definition) is 0. The smallest absolute Gasteiger partial charge is 0.205 e. The molecule has 1 aliphatic carbocycles. The van der Waals surface area contributed by atoms with E-state index in [1.165, 1.54) is 19.1 Å². The fourth-order valence-corrected chi connectivity index (χ4v) is 3.02. The normalized spacial score (nSPS) is 42.1. The van der Waals surface area contributed by atoms with Crippen molar-refractivity contribution in [3.8, 4) is 0 Å². The van der Waals surface area contributed by atoms with Crippen LogP contribution in [0.2, 0.25) is 0 Å². The zero-order valence-electron chi connectivity index (χ0n) is 9.88. The topological polar surface area (TPSA) is 18.5 Å². The standard InChI is InChI=1S/C13H20O2/c1-5-8-14-11-13(4)7-6-10(9-15-11)12(13,2)3/h8,10-11H,1,6-7,9H2,2-4H3/t10-,11?,13+/m1/s1. The predicted octanol–water partition coefficient (Wildman–Crippen LogP) is 3.10. The molecule has 0 N–H and O–H groups in total. The summed E-state index contributed by atoms with van der Waals surface area (Å²) in [5, 5.41) is 0. The molecule has 3 atom stereocenters. The molecule has 0 amide bonds. The Kier molecular flexibility index (Phi) is 2.44. The Labute approximate surface area is 92.0 Å². The van der Waals surface area contributed by atoms with E-state index < -0.39 is 0 Å². The number of ether oxygens (including phenoxy) is 2. The Morgan fingerprint density at radius 3 is 2.87 bits per heavy atom. The van der Waals surface area contributed by atoms with Crippen LogP contribution in [0.15, 0.2) is 18.6 Å². The first-order valence-corrected chi connectivity index (χ1v) is 5.64. The van der Waals surface area contributed by atoms with Gasteiger partial charge in [0.25, 0.3) is 0 Å². The predicted molar refractivity (Wildman–Crippen MR) is 59.1 cm³/mol. The van der Waals surface area contributed by atoms with Crippen molar-refractivity contribution < 1.29 is 9.47 Å². The summed E-state index contributed by atoms with van der Waals surface area (Å²) in [4.78, 5) is 0. The van der Waals surface area contributed by atoms with Crippen molar-refractivity contribution in [2.75, 3.05) is 6.61 Å². The average molecular weight is 208 g/mol. The van der Waals surface area contributed by atoms with Crippen LogP contribution in [0, 0.1) is 16.7 Å². The van der Waals surface area contributed by atoms with Gasteiger partial charge in [-0.15, -0.1) is 0 Å². The van der Waals surface area contributed by atoms with Gasteiger partial charge in [0.05, 0.1) is 6.61 Å². The van der Waals surface area contributed by atoms with Crippen LogP contribution < -0.4 is 0 Å². The van der Waals surface area contributed by atoms with Crippen LogP contribution in [-0.2, 0) is 9.47 Å². The Morgan fingerprint density at radius 2 is 2.20 bits per heavy atom. The second kappa shape index (κ2) is 3.40. The molecule has 0 spiro atoms. The molecule has 1 unspecified atom stereocenters. The lowest BCUT2D eigenvalue weighted by molar-refractivity contribution is -0.243. The van der Waals surface area contributed by atoms with E-state index in [0.29, 0.717) is 11.3 Å². The van der Waals surface area contributed by atoms with Gasteiger partial charge in [0, 0.05) is 5.41 Å². The molecule has 15 heavy (non-hydrogen) atoms. The molecule has 2 rings (SSSR count). The fraction of sp³-hybridized carbons (Fsp3) is 0.769. The number of rotatable bonds is 2. The third kappa shape index (κ3) is 1.36. The van der Waals surface area contributed by atoms with Gasteiger partial charge < -0.3 is 9.47 Å². The minimum atomic E-state index is -0.138. The summed E-state index contributed by atoms with van der Waals surface area (Å²) in [6.45, 7) is 11.3. The molecule has 1 saturated carbocycles. The van der Waals surface area contributed by atoms with Crippen molar-refractivity contribution in [1.29, 1.82) is 0 Å². The molecular weight excluding hydrogens is 188 g/mol. The summed E-state index contributed by atoms with van der Waals surface area (Å²) in [5.74, 6) is 0.676. The van der Waals surface area contributed by atoms with E-state index in [9.17, 15) is 0 Å². The molecular formula is C13H20O2. The lowest BCUT2D eigenvalue weighted by Gasteiger charge is -2.49. The van der Waals surface area contributed by atoms with Crippen molar-refractivity contribution in [3.63, 3.8) is 0 Å². The maximum atomic E-state index is 5.78. The summed E-state index contributed by atoms with van der Waals surface area (Å²) in [5.41, 5.74) is 3.05. The van der Waals surface area contributed by atoms with Crippen molar-refractivity contribution in [2.45, 2.75) is 39.9 Å². The highest BCUT2D eigenvalue weighted by molar-refractivity contribution is 5.05. The minimum absolute atomic E-state index is 0.114. The zero-order valence-corrected chi connectivity index (χ0v) is 9.88. The van der Waals surface area contributed by atoms with Gasteiger partial charge in [-0.3, -0.25) is 0 Å². The Morgan fingerprint density at radius 1 is 1.47 bits per heavy atom. The monoisotopic (exact) mass is 208 g/mol. The second-order valence-corrected chi connectivity index (χ2v) is 5.50. The van der Waals surface area contributed by atoms with Gasteiger partial charge in [0.2, 0.25) is 6.29 Å². The van der Waals surface area contributed by atoms with Gasteiger partial charge in [-0.1, -0.05) is 33.1 Å². The first-order chi connectivity index (χ1) is 7.02.